The standard InChI is InChI=1S/C17H21NO5/c1-10(2)9-22-16(20)8-18-14-7-13(11(3)19)5-6-15(14)23-12(4)17(18)21/h5-7,10,12H,8-9H2,1-4H3. The van der Waals surface area contributed by atoms with Crippen molar-refractivity contribution in [1.29, 1.82) is 0 Å². The minimum absolute atomic E-state index is 0.124. The van der Waals surface area contributed by atoms with E-state index in [2.05, 4.69) is 0 Å². The van der Waals surface area contributed by atoms with Gasteiger partial charge in [-0.25, -0.2) is 0 Å². The Kier molecular flexibility index (Phi) is 5.03. The quantitative estimate of drug-likeness (QED) is 0.614. The third-order valence-electron chi connectivity index (χ3n) is 3.44. The molecule has 1 aliphatic heterocycles. The maximum absolute atomic E-state index is 12.4. The van der Waals surface area contributed by atoms with E-state index in [1.165, 1.54) is 11.8 Å². The molecule has 1 aromatic carbocycles. The largest absolute Gasteiger partial charge is 0.479 e. The molecule has 0 aromatic heterocycles. The lowest BCUT2D eigenvalue weighted by Gasteiger charge is -2.32. The van der Waals surface area contributed by atoms with E-state index in [0.717, 1.165) is 0 Å². The molecule has 0 fully saturated rings. The van der Waals surface area contributed by atoms with Crippen LogP contribution in [0.15, 0.2) is 18.2 Å². The van der Waals surface area contributed by atoms with Crippen molar-refractivity contribution < 1.29 is 23.9 Å². The topological polar surface area (TPSA) is 72.9 Å². The summed E-state index contributed by atoms with van der Waals surface area (Å²) >= 11 is 0. The summed E-state index contributed by atoms with van der Waals surface area (Å²) in [6.07, 6.45) is -0.691. The summed E-state index contributed by atoms with van der Waals surface area (Å²) in [6.45, 7) is 7.03. The highest BCUT2D eigenvalue weighted by molar-refractivity contribution is 6.04. The van der Waals surface area contributed by atoms with Gasteiger partial charge in [0.2, 0.25) is 0 Å². The van der Waals surface area contributed by atoms with Crippen LogP contribution in [0.3, 0.4) is 0 Å². The van der Waals surface area contributed by atoms with Crippen LogP contribution in [-0.4, -0.2) is 36.9 Å². The van der Waals surface area contributed by atoms with Gasteiger partial charge in [0.25, 0.3) is 5.91 Å². The molecule has 0 radical (unpaired) electrons. The highest BCUT2D eigenvalue weighted by Gasteiger charge is 2.33. The second-order valence-corrected chi connectivity index (χ2v) is 6.00. The Morgan fingerprint density at radius 2 is 2.04 bits per heavy atom. The number of amides is 1. The molecule has 1 aliphatic rings. The number of fused-ring (bicyclic) bond motifs is 1. The van der Waals surface area contributed by atoms with E-state index in [1.54, 1.807) is 25.1 Å². The molecule has 23 heavy (non-hydrogen) atoms. The Bertz CT molecular complexity index is 638. The van der Waals surface area contributed by atoms with E-state index in [9.17, 15) is 14.4 Å². The normalized spacial score (nSPS) is 16.8. The molecule has 0 spiro atoms. The van der Waals surface area contributed by atoms with Gasteiger partial charge in [0.05, 0.1) is 12.3 Å². The molecular formula is C17H21NO5. The fourth-order valence-corrected chi connectivity index (χ4v) is 2.22. The van der Waals surface area contributed by atoms with E-state index >= 15 is 0 Å². The SMILES string of the molecule is CC(=O)c1ccc2c(c1)N(CC(=O)OCC(C)C)C(=O)C(C)O2. The van der Waals surface area contributed by atoms with Gasteiger partial charge in [-0.3, -0.25) is 19.3 Å². The van der Waals surface area contributed by atoms with Gasteiger partial charge in [0.1, 0.15) is 12.3 Å². The molecule has 1 unspecified atom stereocenters. The zero-order valence-corrected chi connectivity index (χ0v) is 13.8. The van der Waals surface area contributed by atoms with Crippen LogP contribution < -0.4 is 9.64 Å². The van der Waals surface area contributed by atoms with Crippen LogP contribution >= 0.6 is 0 Å². The molecule has 2 rings (SSSR count). The van der Waals surface area contributed by atoms with Crippen LogP contribution in [0.2, 0.25) is 0 Å². The number of carbonyl (C=O) groups excluding carboxylic acids is 3. The van der Waals surface area contributed by atoms with E-state index in [4.69, 9.17) is 9.47 Å². The Morgan fingerprint density at radius 1 is 1.35 bits per heavy atom. The predicted octanol–water partition coefficient (Wildman–Crippen LogP) is 2.20. The molecule has 0 bridgehead atoms. The van der Waals surface area contributed by atoms with Crippen LogP contribution in [-0.2, 0) is 14.3 Å². The number of esters is 1. The Hall–Kier alpha value is -2.37. The lowest BCUT2D eigenvalue weighted by molar-refractivity contribution is -0.144. The molecule has 1 atom stereocenters. The summed E-state index contributed by atoms with van der Waals surface area (Å²) in [5, 5.41) is 0. The van der Waals surface area contributed by atoms with E-state index in [-0.39, 0.29) is 24.2 Å². The van der Waals surface area contributed by atoms with Gasteiger partial charge in [-0.15, -0.1) is 0 Å². The molecule has 6 nitrogen and oxygen atoms in total. The summed E-state index contributed by atoms with van der Waals surface area (Å²) in [5.74, 6) is -0.255. The van der Waals surface area contributed by atoms with Gasteiger partial charge in [-0.05, 0) is 38.0 Å². The number of hydrogen-bond acceptors (Lipinski definition) is 5. The Morgan fingerprint density at radius 3 is 2.65 bits per heavy atom. The van der Waals surface area contributed by atoms with Gasteiger partial charge in [-0.1, -0.05) is 13.8 Å². The summed E-state index contributed by atoms with van der Waals surface area (Å²) in [5.41, 5.74) is 0.873. The van der Waals surface area contributed by atoms with E-state index in [0.29, 0.717) is 23.6 Å². The summed E-state index contributed by atoms with van der Waals surface area (Å²) in [7, 11) is 0. The van der Waals surface area contributed by atoms with E-state index < -0.39 is 12.1 Å². The van der Waals surface area contributed by atoms with Gasteiger partial charge in [0, 0.05) is 5.56 Å². The number of benzene rings is 1. The average molecular weight is 319 g/mol. The molecule has 124 valence electrons. The smallest absolute Gasteiger partial charge is 0.326 e. The van der Waals surface area contributed by atoms with Crippen LogP contribution in [0.5, 0.6) is 5.75 Å². The lowest BCUT2D eigenvalue weighted by atomic mass is 10.1. The molecule has 0 N–H and O–H groups in total. The van der Waals surface area contributed by atoms with Gasteiger partial charge >= 0.3 is 5.97 Å². The zero-order valence-electron chi connectivity index (χ0n) is 13.8. The van der Waals surface area contributed by atoms with Crippen molar-refractivity contribution in [3.05, 3.63) is 23.8 Å². The molecule has 1 aromatic rings. The van der Waals surface area contributed by atoms with Crippen molar-refractivity contribution >= 4 is 23.3 Å². The molecule has 1 heterocycles. The minimum atomic E-state index is -0.691. The first kappa shape index (κ1) is 17.0. The molecule has 0 saturated heterocycles. The fraction of sp³-hybridized carbons (Fsp3) is 0.471. The highest BCUT2D eigenvalue weighted by atomic mass is 16.5. The number of Topliss-reactive ketones (excluding diaryl/α,β-unsaturated/α-hetero) is 1. The van der Waals surface area contributed by atoms with Crippen LogP contribution in [0.25, 0.3) is 0 Å². The maximum atomic E-state index is 12.4. The van der Waals surface area contributed by atoms with Crippen molar-refractivity contribution in [2.24, 2.45) is 5.92 Å². The summed E-state index contributed by atoms with van der Waals surface area (Å²) in [6, 6.07) is 4.84. The van der Waals surface area contributed by atoms with Crippen molar-refractivity contribution in [2.45, 2.75) is 33.8 Å². The number of nitrogens with zero attached hydrogens (tertiary/aromatic N) is 1. The van der Waals surface area contributed by atoms with Crippen LogP contribution in [0.1, 0.15) is 38.1 Å². The second kappa shape index (κ2) is 6.81. The molecule has 6 heteroatoms. The van der Waals surface area contributed by atoms with Gasteiger partial charge < -0.3 is 9.47 Å². The number of ketones is 1. The third kappa shape index (κ3) is 3.88. The monoisotopic (exact) mass is 319 g/mol. The summed E-state index contributed by atoms with van der Waals surface area (Å²) < 4.78 is 10.7. The number of ether oxygens (including phenoxy) is 2. The second-order valence-electron chi connectivity index (χ2n) is 6.00. The zero-order chi connectivity index (χ0) is 17.1. The first-order valence-corrected chi connectivity index (χ1v) is 7.58. The van der Waals surface area contributed by atoms with Gasteiger partial charge in [0.15, 0.2) is 11.9 Å². The minimum Gasteiger partial charge on any atom is -0.479 e. The molecular weight excluding hydrogens is 298 g/mol. The lowest BCUT2D eigenvalue weighted by Crippen LogP contribution is -2.47. The Labute approximate surface area is 135 Å². The molecule has 0 aliphatic carbocycles. The number of hydrogen-bond donors (Lipinski definition) is 0. The molecule has 1 amide bonds. The van der Waals surface area contributed by atoms with Crippen molar-refractivity contribution in [1.82, 2.24) is 0 Å². The molecule has 0 saturated carbocycles. The first-order chi connectivity index (χ1) is 10.8. The highest BCUT2D eigenvalue weighted by Crippen LogP contribution is 2.35. The van der Waals surface area contributed by atoms with Crippen LogP contribution in [0.4, 0.5) is 5.69 Å². The third-order valence-corrected chi connectivity index (χ3v) is 3.44. The average Bonchev–Trinajstić information content (AvgIpc) is 2.49. The Balaban J connectivity index is 2.27. The van der Waals surface area contributed by atoms with Crippen LogP contribution in [0, 0.1) is 5.92 Å². The number of carbonyl (C=O) groups is 3. The van der Waals surface area contributed by atoms with E-state index in [1.807, 2.05) is 13.8 Å². The van der Waals surface area contributed by atoms with Crippen molar-refractivity contribution in [3.63, 3.8) is 0 Å². The van der Waals surface area contributed by atoms with Crippen molar-refractivity contribution in [3.8, 4) is 5.75 Å². The maximum Gasteiger partial charge on any atom is 0.326 e. The number of anilines is 1. The first-order valence-electron chi connectivity index (χ1n) is 7.58. The van der Waals surface area contributed by atoms with Gasteiger partial charge in [-0.2, -0.15) is 0 Å². The summed E-state index contributed by atoms with van der Waals surface area (Å²) in [4.78, 5) is 37.2. The van der Waals surface area contributed by atoms with Crippen molar-refractivity contribution in [2.75, 3.05) is 18.1 Å². The predicted molar refractivity (Wildman–Crippen MR) is 84.7 cm³/mol. The fourth-order valence-electron chi connectivity index (χ4n) is 2.22. The number of rotatable bonds is 5.